The molecule has 1 saturated heterocycles. The van der Waals surface area contributed by atoms with Crippen molar-refractivity contribution in [1.29, 1.82) is 0 Å². The molecule has 1 aliphatic rings. The van der Waals surface area contributed by atoms with Crippen molar-refractivity contribution in [3.05, 3.63) is 53.1 Å². The molecule has 0 bridgehead atoms. The molecule has 0 spiro atoms. The first-order valence-corrected chi connectivity index (χ1v) is 13.2. The van der Waals surface area contributed by atoms with E-state index in [2.05, 4.69) is 6.92 Å². The average molecular weight is 517 g/mol. The molecule has 206 valence electrons. The van der Waals surface area contributed by atoms with Crippen LogP contribution >= 0.6 is 0 Å². The van der Waals surface area contributed by atoms with Crippen LogP contribution in [0.1, 0.15) is 82.3 Å². The molecule has 2 aromatic carbocycles. The molecule has 0 aromatic heterocycles. The standard InChI is InChI=1S/C16H22O4.C12H16O3.C2H6/c1-3-13-10-12(6-7-14(13)19-4-2)11-16(15(17)18)8-5-9-20-16;1-4-7-15-10-5-6-11(9(2)13)12(8-10)14-3;1-2/h6-7,10H,3-5,8-9,11H2,1-2H3,(H,17,18);5-6,8H,4,7H2,1-3H3;1-2H3. The summed E-state index contributed by atoms with van der Waals surface area (Å²) in [7, 11) is 1.55. The van der Waals surface area contributed by atoms with Crippen LogP contribution in [0.5, 0.6) is 17.2 Å². The van der Waals surface area contributed by atoms with Crippen molar-refractivity contribution < 1.29 is 33.6 Å². The van der Waals surface area contributed by atoms with E-state index in [4.69, 9.17) is 18.9 Å². The van der Waals surface area contributed by atoms with Gasteiger partial charge in [0.1, 0.15) is 17.2 Å². The Kier molecular flexibility index (Phi) is 14.4. The maximum Gasteiger partial charge on any atom is 0.336 e. The molecule has 7 nitrogen and oxygen atoms in total. The molecule has 0 amide bonds. The summed E-state index contributed by atoms with van der Waals surface area (Å²) in [5.74, 6) is 1.32. The van der Waals surface area contributed by atoms with E-state index in [1.165, 1.54) is 6.92 Å². The first-order valence-electron chi connectivity index (χ1n) is 13.2. The molecular formula is C30H44O7. The summed E-state index contributed by atoms with van der Waals surface area (Å²) in [6, 6.07) is 11.2. The third-order valence-electron chi connectivity index (χ3n) is 5.81. The molecular weight excluding hydrogens is 472 g/mol. The number of benzene rings is 2. The predicted molar refractivity (Wildman–Crippen MR) is 146 cm³/mol. The van der Waals surface area contributed by atoms with Gasteiger partial charge in [-0.25, -0.2) is 4.79 Å². The fourth-order valence-electron chi connectivity index (χ4n) is 4.00. The van der Waals surface area contributed by atoms with Crippen LogP contribution in [0.25, 0.3) is 0 Å². The zero-order valence-electron chi connectivity index (χ0n) is 23.5. The van der Waals surface area contributed by atoms with E-state index in [0.29, 0.717) is 44.0 Å². The van der Waals surface area contributed by atoms with Gasteiger partial charge in [0, 0.05) is 19.1 Å². The fraction of sp³-hybridized carbons (Fsp3) is 0.533. The molecule has 7 heteroatoms. The summed E-state index contributed by atoms with van der Waals surface area (Å²) in [6.45, 7) is 13.4. The molecule has 1 atom stereocenters. The first-order chi connectivity index (χ1) is 17.8. The van der Waals surface area contributed by atoms with E-state index < -0.39 is 11.6 Å². The normalized spacial score (nSPS) is 16.0. The van der Waals surface area contributed by atoms with Gasteiger partial charge in [-0.3, -0.25) is 4.79 Å². The van der Waals surface area contributed by atoms with Crippen LogP contribution in [-0.2, 0) is 22.4 Å². The number of Topliss-reactive ketones (excluding diaryl/α,β-unsaturated/α-hetero) is 1. The van der Waals surface area contributed by atoms with E-state index >= 15 is 0 Å². The van der Waals surface area contributed by atoms with Crippen LogP contribution in [0.2, 0.25) is 0 Å². The number of carboxylic acids is 1. The predicted octanol–water partition coefficient (Wildman–Crippen LogP) is 6.54. The van der Waals surface area contributed by atoms with Gasteiger partial charge in [0.05, 0.1) is 25.9 Å². The van der Waals surface area contributed by atoms with Crippen LogP contribution in [0, 0.1) is 0 Å². The van der Waals surface area contributed by atoms with Gasteiger partial charge in [0.25, 0.3) is 0 Å². The highest BCUT2D eigenvalue weighted by Gasteiger charge is 2.42. The van der Waals surface area contributed by atoms with Gasteiger partial charge in [0.2, 0.25) is 0 Å². The molecule has 37 heavy (non-hydrogen) atoms. The number of ketones is 1. The Hall–Kier alpha value is -3.06. The highest BCUT2D eigenvalue weighted by molar-refractivity contribution is 5.97. The number of carbonyl (C=O) groups is 2. The number of aryl methyl sites for hydroxylation is 1. The lowest BCUT2D eigenvalue weighted by Gasteiger charge is -2.23. The Balaban J connectivity index is 0.000000360. The minimum absolute atomic E-state index is 0.00566. The summed E-state index contributed by atoms with van der Waals surface area (Å²) in [4.78, 5) is 22.7. The quantitative estimate of drug-likeness (QED) is 0.339. The topological polar surface area (TPSA) is 91.3 Å². The van der Waals surface area contributed by atoms with Crippen molar-refractivity contribution in [2.75, 3.05) is 26.9 Å². The van der Waals surface area contributed by atoms with E-state index in [0.717, 1.165) is 41.9 Å². The minimum Gasteiger partial charge on any atom is -0.496 e. The third-order valence-corrected chi connectivity index (χ3v) is 5.81. The Labute approximate surface area is 222 Å². The number of rotatable bonds is 11. The maximum absolute atomic E-state index is 11.5. The van der Waals surface area contributed by atoms with Gasteiger partial charge in [-0.05, 0) is 68.9 Å². The first kappa shape index (κ1) is 32.0. The van der Waals surface area contributed by atoms with Crippen molar-refractivity contribution in [1.82, 2.24) is 0 Å². The lowest BCUT2D eigenvalue weighted by molar-refractivity contribution is -0.159. The number of hydrogen-bond donors (Lipinski definition) is 1. The molecule has 1 unspecified atom stereocenters. The van der Waals surface area contributed by atoms with Crippen molar-refractivity contribution in [2.24, 2.45) is 0 Å². The molecule has 1 N–H and O–H groups in total. The molecule has 0 radical (unpaired) electrons. The zero-order chi connectivity index (χ0) is 27.8. The molecule has 3 rings (SSSR count). The van der Waals surface area contributed by atoms with Crippen molar-refractivity contribution in [3.8, 4) is 17.2 Å². The molecule has 1 heterocycles. The number of hydrogen-bond acceptors (Lipinski definition) is 6. The van der Waals surface area contributed by atoms with Crippen LogP contribution in [-0.4, -0.2) is 49.4 Å². The van der Waals surface area contributed by atoms with E-state index in [1.54, 1.807) is 25.3 Å². The number of carbonyl (C=O) groups excluding carboxylic acids is 1. The SMILES string of the molecule is CC.CCCOc1ccc(C(C)=O)c(OC)c1.CCOc1ccc(CC2(C(=O)O)CCCO2)cc1CC. The van der Waals surface area contributed by atoms with Gasteiger partial charge >= 0.3 is 5.97 Å². The van der Waals surface area contributed by atoms with Crippen LogP contribution in [0.4, 0.5) is 0 Å². The van der Waals surface area contributed by atoms with Gasteiger partial charge in [-0.1, -0.05) is 39.8 Å². The smallest absolute Gasteiger partial charge is 0.336 e. The van der Waals surface area contributed by atoms with E-state index in [9.17, 15) is 14.7 Å². The number of ether oxygens (including phenoxy) is 4. The molecule has 0 aliphatic carbocycles. The Morgan fingerprint density at radius 2 is 1.76 bits per heavy atom. The van der Waals surface area contributed by atoms with Crippen LogP contribution in [0.3, 0.4) is 0 Å². The summed E-state index contributed by atoms with van der Waals surface area (Å²) < 4.78 is 21.7. The van der Waals surface area contributed by atoms with Crippen molar-refractivity contribution >= 4 is 11.8 Å². The number of aliphatic carboxylic acids is 1. The van der Waals surface area contributed by atoms with E-state index in [-0.39, 0.29) is 5.78 Å². The Morgan fingerprint density at radius 3 is 2.27 bits per heavy atom. The highest BCUT2D eigenvalue weighted by Crippen LogP contribution is 2.32. The second kappa shape index (κ2) is 16.6. The molecule has 1 fully saturated rings. The third kappa shape index (κ3) is 9.39. The molecule has 2 aromatic rings. The summed E-state index contributed by atoms with van der Waals surface area (Å²) in [5, 5.41) is 9.44. The van der Waals surface area contributed by atoms with Crippen LogP contribution in [0.15, 0.2) is 36.4 Å². The van der Waals surface area contributed by atoms with Crippen molar-refractivity contribution in [3.63, 3.8) is 0 Å². The average Bonchev–Trinajstić information content (AvgIpc) is 3.39. The lowest BCUT2D eigenvalue weighted by atomic mass is 9.90. The minimum atomic E-state index is -1.04. The summed E-state index contributed by atoms with van der Waals surface area (Å²) >= 11 is 0. The number of carboxylic acid groups (broad SMARTS) is 1. The zero-order valence-corrected chi connectivity index (χ0v) is 23.5. The summed E-state index contributed by atoms with van der Waals surface area (Å²) in [6.07, 6.45) is 3.63. The van der Waals surface area contributed by atoms with E-state index in [1.807, 2.05) is 45.9 Å². The molecule has 1 aliphatic heterocycles. The molecule has 0 saturated carbocycles. The highest BCUT2D eigenvalue weighted by atomic mass is 16.5. The van der Waals surface area contributed by atoms with Gasteiger partial charge < -0.3 is 24.1 Å². The summed E-state index contributed by atoms with van der Waals surface area (Å²) in [5.41, 5.74) is 1.65. The van der Waals surface area contributed by atoms with Crippen LogP contribution < -0.4 is 14.2 Å². The fourth-order valence-corrected chi connectivity index (χ4v) is 4.00. The Morgan fingerprint density at radius 1 is 1.03 bits per heavy atom. The Bertz CT molecular complexity index is 978. The van der Waals surface area contributed by atoms with Gasteiger partial charge in [-0.15, -0.1) is 0 Å². The second-order valence-corrected chi connectivity index (χ2v) is 8.42. The van der Waals surface area contributed by atoms with Gasteiger partial charge in [0.15, 0.2) is 11.4 Å². The number of methoxy groups -OCH3 is 1. The monoisotopic (exact) mass is 516 g/mol. The van der Waals surface area contributed by atoms with Gasteiger partial charge in [-0.2, -0.15) is 0 Å². The maximum atomic E-state index is 11.5. The lowest BCUT2D eigenvalue weighted by Crippen LogP contribution is -2.40. The largest absolute Gasteiger partial charge is 0.496 e. The van der Waals surface area contributed by atoms with Crippen molar-refractivity contribution in [2.45, 2.75) is 79.2 Å². The second-order valence-electron chi connectivity index (χ2n) is 8.42.